The van der Waals surface area contributed by atoms with Crippen LogP contribution in [-0.4, -0.2) is 20.2 Å². The van der Waals surface area contributed by atoms with Crippen LogP contribution in [0.5, 0.6) is 0 Å². The third kappa shape index (κ3) is 2.72. The van der Waals surface area contributed by atoms with E-state index in [1.54, 1.807) is 12.5 Å². The summed E-state index contributed by atoms with van der Waals surface area (Å²) >= 11 is 0. The molecule has 0 amide bonds. The topological polar surface area (TPSA) is 90.3 Å². The summed E-state index contributed by atoms with van der Waals surface area (Å²) in [5.41, 5.74) is 5.46. The third-order valence-electron chi connectivity index (χ3n) is 4.72. The molecule has 28 heavy (non-hydrogen) atoms. The molecule has 2 aromatic heterocycles. The van der Waals surface area contributed by atoms with Crippen molar-refractivity contribution >= 4 is 33.3 Å². The molecular formula is C22H14N6. The van der Waals surface area contributed by atoms with Crippen molar-refractivity contribution in [2.45, 2.75) is 0 Å². The van der Waals surface area contributed by atoms with Gasteiger partial charge in [-0.05, 0) is 47.5 Å². The monoisotopic (exact) mass is 362 g/mol. The summed E-state index contributed by atoms with van der Waals surface area (Å²) in [6.07, 6.45) is 3.35. The van der Waals surface area contributed by atoms with Crippen LogP contribution in [0, 0.1) is 11.3 Å². The molecule has 0 unspecified atom stereocenters. The number of anilines is 2. The average Bonchev–Trinajstić information content (AvgIpc) is 3.24. The zero-order valence-electron chi connectivity index (χ0n) is 14.7. The van der Waals surface area contributed by atoms with Gasteiger partial charge in [-0.2, -0.15) is 10.4 Å². The van der Waals surface area contributed by atoms with Crippen molar-refractivity contribution in [1.29, 1.82) is 5.26 Å². The molecule has 0 fully saturated rings. The van der Waals surface area contributed by atoms with E-state index in [9.17, 15) is 0 Å². The Morgan fingerprint density at radius 3 is 2.61 bits per heavy atom. The maximum atomic E-state index is 9.00. The van der Waals surface area contributed by atoms with E-state index in [4.69, 9.17) is 5.26 Å². The van der Waals surface area contributed by atoms with Crippen molar-refractivity contribution in [3.05, 3.63) is 78.8 Å². The van der Waals surface area contributed by atoms with E-state index >= 15 is 0 Å². The molecule has 0 bridgehead atoms. The quantitative estimate of drug-likeness (QED) is 0.482. The van der Waals surface area contributed by atoms with Crippen molar-refractivity contribution in [1.82, 2.24) is 20.2 Å². The molecule has 5 rings (SSSR count). The van der Waals surface area contributed by atoms with Gasteiger partial charge in [0, 0.05) is 10.8 Å². The molecule has 2 heterocycles. The van der Waals surface area contributed by atoms with Gasteiger partial charge in [-0.3, -0.25) is 5.10 Å². The number of fused-ring (bicyclic) bond motifs is 2. The van der Waals surface area contributed by atoms with Gasteiger partial charge in [0.1, 0.15) is 12.1 Å². The van der Waals surface area contributed by atoms with Crippen LogP contribution in [0.4, 0.5) is 11.5 Å². The number of aromatic amines is 1. The number of hydrogen-bond donors (Lipinski definition) is 2. The first-order valence-corrected chi connectivity index (χ1v) is 8.76. The predicted molar refractivity (Wildman–Crippen MR) is 109 cm³/mol. The number of aromatic nitrogens is 4. The second-order valence-electron chi connectivity index (χ2n) is 6.41. The normalized spacial score (nSPS) is 10.8. The Hall–Kier alpha value is -4.24. The molecule has 6 nitrogen and oxygen atoms in total. The first-order valence-electron chi connectivity index (χ1n) is 8.76. The lowest BCUT2D eigenvalue weighted by Crippen LogP contribution is -1.96. The summed E-state index contributed by atoms with van der Waals surface area (Å²) in [7, 11) is 0. The Kier molecular flexibility index (Phi) is 3.70. The Morgan fingerprint density at radius 1 is 0.893 bits per heavy atom. The van der Waals surface area contributed by atoms with Crippen LogP contribution in [0.3, 0.4) is 0 Å². The minimum atomic E-state index is 0.642. The van der Waals surface area contributed by atoms with Crippen LogP contribution < -0.4 is 5.32 Å². The molecule has 132 valence electrons. The highest BCUT2D eigenvalue weighted by atomic mass is 15.1. The molecular weight excluding hydrogens is 348 g/mol. The fourth-order valence-corrected chi connectivity index (χ4v) is 3.28. The summed E-state index contributed by atoms with van der Waals surface area (Å²) in [6, 6.07) is 21.7. The molecule has 2 N–H and O–H groups in total. The van der Waals surface area contributed by atoms with Crippen molar-refractivity contribution in [3.63, 3.8) is 0 Å². The fourth-order valence-electron chi connectivity index (χ4n) is 3.28. The van der Waals surface area contributed by atoms with Crippen LogP contribution in [0.15, 0.2) is 73.2 Å². The number of benzene rings is 3. The standard InChI is InChI=1S/C22H14N6/c23-11-14-4-6-15(7-5-14)16-8-9-19-17(10-16)22(25-13-24-19)27-20-2-1-3-21-18(20)12-26-28-21/h1-10,12-13H,(H,26,28)(H,24,25,27). The van der Waals surface area contributed by atoms with E-state index in [2.05, 4.69) is 37.6 Å². The Labute approximate surface area is 160 Å². The second-order valence-corrected chi connectivity index (χ2v) is 6.41. The average molecular weight is 362 g/mol. The number of nitriles is 1. The largest absolute Gasteiger partial charge is 0.339 e. The molecule has 3 aromatic carbocycles. The number of H-pyrrole nitrogens is 1. The van der Waals surface area contributed by atoms with Crippen molar-refractivity contribution in [2.75, 3.05) is 5.32 Å². The van der Waals surface area contributed by atoms with Crippen molar-refractivity contribution < 1.29 is 0 Å². The SMILES string of the molecule is N#Cc1ccc(-c2ccc3ncnc(Nc4cccc5[nH]ncc45)c3c2)cc1. The highest BCUT2D eigenvalue weighted by Crippen LogP contribution is 2.30. The lowest BCUT2D eigenvalue weighted by atomic mass is 10.0. The Morgan fingerprint density at radius 2 is 1.75 bits per heavy atom. The number of rotatable bonds is 3. The van der Waals surface area contributed by atoms with Crippen LogP contribution in [0.25, 0.3) is 32.9 Å². The van der Waals surface area contributed by atoms with E-state index in [0.717, 1.165) is 44.4 Å². The lowest BCUT2D eigenvalue weighted by Gasteiger charge is -2.10. The summed E-state index contributed by atoms with van der Waals surface area (Å²) in [6.45, 7) is 0. The van der Waals surface area contributed by atoms with Gasteiger partial charge in [0.2, 0.25) is 0 Å². The van der Waals surface area contributed by atoms with E-state index < -0.39 is 0 Å². The molecule has 5 aromatic rings. The highest BCUT2D eigenvalue weighted by Gasteiger charge is 2.09. The zero-order valence-corrected chi connectivity index (χ0v) is 14.7. The molecule has 0 aliphatic rings. The minimum Gasteiger partial charge on any atom is -0.339 e. The van der Waals surface area contributed by atoms with Gasteiger partial charge in [-0.15, -0.1) is 0 Å². The predicted octanol–water partition coefficient (Wildman–Crippen LogP) is 4.79. The van der Waals surface area contributed by atoms with Crippen LogP contribution >= 0.6 is 0 Å². The molecule has 0 spiro atoms. The van der Waals surface area contributed by atoms with Gasteiger partial charge in [0.15, 0.2) is 0 Å². The summed E-state index contributed by atoms with van der Waals surface area (Å²) in [5, 5.41) is 21.4. The smallest absolute Gasteiger partial charge is 0.141 e. The summed E-state index contributed by atoms with van der Waals surface area (Å²) in [4.78, 5) is 8.84. The first-order chi connectivity index (χ1) is 13.8. The number of nitrogens with one attached hydrogen (secondary N) is 2. The van der Waals surface area contributed by atoms with Crippen LogP contribution in [-0.2, 0) is 0 Å². The minimum absolute atomic E-state index is 0.642. The van der Waals surface area contributed by atoms with Gasteiger partial charge >= 0.3 is 0 Å². The molecule has 6 heteroatoms. The molecule has 0 saturated carbocycles. The van der Waals surface area contributed by atoms with Crippen LogP contribution in [0.2, 0.25) is 0 Å². The van der Waals surface area contributed by atoms with Gasteiger partial charge in [0.25, 0.3) is 0 Å². The van der Waals surface area contributed by atoms with Gasteiger partial charge in [0.05, 0.1) is 34.6 Å². The Balaban J connectivity index is 1.61. The Bertz CT molecular complexity index is 1350. The van der Waals surface area contributed by atoms with E-state index in [1.165, 1.54) is 0 Å². The third-order valence-corrected chi connectivity index (χ3v) is 4.72. The van der Waals surface area contributed by atoms with Gasteiger partial charge in [-0.1, -0.05) is 24.3 Å². The van der Waals surface area contributed by atoms with E-state index in [-0.39, 0.29) is 0 Å². The summed E-state index contributed by atoms with van der Waals surface area (Å²) < 4.78 is 0. The zero-order chi connectivity index (χ0) is 18.9. The molecule has 0 radical (unpaired) electrons. The summed E-state index contributed by atoms with van der Waals surface area (Å²) in [5.74, 6) is 0.731. The number of nitrogens with zero attached hydrogens (tertiary/aromatic N) is 4. The van der Waals surface area contributed by atoms with Gasteiger partial charge in [-0.25, -0.2) is 9.97 Å². The maximum absolute atomic E-state index is 9.00. The van der Waals surface area contributed by atoms with E-state index in [0.29, 0.717) is 5.56 Å². The van der Waals surface area contributed by atoms with Crippen molar-refractivity contribution in [2.24, 2.45) is 0 Å². The number of hydrogen-bond acceptors (Lipinski definition) is 5. The molecule has 0 saturated heterocycles. The second kappa shape index (κ2) is 6.49. The molecule has 0 aliphatic carbocycles. The van der Waals surface area contributed by atoms with E-state index in [1.807, 2.05) is 54.6 Å². The molecule has 0 aliphatic heterocycles. The lowest BCUT2D eigenvalue weighted by molar-refractivity contribution is 1.12. The molecule has 0 atom stereocenters. The fraction of sp³-hybridized carbons (Fsp3) is 0. The van der Waals surface area contributed by atoms with Crippen LogP contribution in [0.1, 0.15) is 5.56 Å². The first kappa shape index (κ1) is 16.0. The maximum Gasteiger partial charge on any atom is 0.141 e. The van der Waals surface area contributed by atoms with Crippen molar-refractivity contribution in [3.8, 4) is 17.2 Å². The van der Waals surface area contributed by atoms with Gasteiger partial charge < -0.3 is 5.32 Å². The highest BCUT2D eigenvalue weighted by molar-refractivity contribution is 5.98.